The first kappa shape index (κ1) is 19.0. The van der Waals surface area contributed by atoms with Gasteiger partial charge >= 0.3 is 0 Å². The maximum absolute atomic E-state index is 12.0. The van der Waals surface area contributed by atoms with E-state index in [-0.39, 0.29) is 6.54 Å². The zero-order valence-corrected chi connectivity index (χ0v) is 12.5. The van der Waals surface area contributed by atoms with E-state index in [9.17, 15) is 4.39 Å². The molecule has 0 radical (unpaired) electrons. The van der Waals surface area contributed by atoms with Gasteiger partial charge in [-0.1, -0.05) is 57.5 Å². The molecule has 0 aliphatic rings. The molecule has 0 saturated carbocycles. The van der Waals surface area contributed by atoms with Crippen LogP contribution in [0.1, 0.15) is 38.8 Å². The fourth-order valence-corrected chi connectivity index (χ4v) is 1.17. The highest BCUT2D eigenvalue weighted by Gasteiger charge is 2.05. The summed E-state index contributed by atoms with van der Waals surface area (Å²) in [5.74, 6) is 0.364. The molecule has 0 atom stereocenters. The number of hydrogen-bond donors (Lipinski definition) is 1. The van der Waals surface area contributed by atoms with Crippen LogP contribution in [0.4, 0.5) is 4.39 Å². The summed E-state index contributed by atoms with van der Waals surface area (Å²) in [5, 5.41) is 7.77. The van der Waals surface area contributed by atoms with Crippen LogP contribution in [0, 0.1) is 12.3 Å². The van der Waals surface area contributed by atoms with Crippen LogP contribution in [-0.4, -0.2) is 31.0 Å². The lowest BCUT2D eigenvalue weighted by Crippen LogP contribution is -2.28. The highest BCUT2D eigenvalue weighted by molar-refractivity contribution is 5.96. The summed E-state index contributed by atoms with van der Waals surface area (Å²) in [7, 11) is 1.72. The number of amidine groups is 1. The van der Waals surface area contributed by atoms with Crippen LogP contribution in [0.3, 0.4) is 0 Å². The van der Waals surface area contributed by atoms with Gasteiger partial charge in [-0.05, 0) is 6.92 Å². The largest absolute Gasteiger partial charge is 0.357 e. The van der Waals surface area contributed by atoms with Gasteiger partial charge in [0.2, 0.25) is 0 Å². The highest BCUT2D eigenvalue weighted by atomic mass is 19.1. The molecule has 1 N–H and O–H groups in total. The number of halogens is 1. The molecule has 0 aromatic heterocycles. The first-order valence-corrected chi connectivity index (χ1v) is 6.58. The summed E-state index contributed by atoms with van der Waals surface area (Å²) in [6.45, 7) is 9.84. The number of rotatable bonds is 3. The van der Waals surface area contributed by atoms with E-state index in [0.29, 0.717) is 5.84 Å². The molecule has 104 valence electrons. The fraction of sp³-hybridized carbons (Fsp3) is 0.533. The molecule has 0 unspecified atom stereocenters. The smallest absolute Gasteiger partial charge is 0.127 e. The molecule has 0 heterocycles. The van der Waals surface area contributed by atoms with E-state index in [2.05, 4.69) is 0 Å². The lowest BCUT2D eigenvalue weighted by Gasteiger charge is -2.18. The molecule has 1 aromatic rings. The predicted octanol–water partition coefficient (Wildman–Crippen LogP) is 4.27. The molecule has 0 fully saturated rings. The van der Waals surface area contributed by atoms with E-state index < -0.39 is 6.67 Å². The van der Waals surface area contributed by atoms with Gasteiger partial charge in [0.15, 0.2) is 0 Å². The maximum atomic E-state index is 12.0. The second-order valence-corrected chi connectivity index (χ2v) is 3.33. The van der Waals surface area contributed by atoms with Gasteiger partial charge < -0.3 is 4.90 Å². The number of hydrogen-bond acceptors (Lipinski definition) is 1. The Bertz CT molecular complexity index is 307. The molecule has 1 rings (SSSR count). The summed E-state index contributed by atoms with van der Waals surface area (Å²) >= 11 is 0. The average molecular weight is 254 g/mol. The van der Waals surface area contributed by atoms with Gasteiger partial charge in [-0.25, -0.2) is 4.39 Å². The molecule has 1 aromatic carbocycles. The van der Waals surface area contributed by atoms with Crippen molar-refractivity contribution in [2.75, 3.05) is 20.3 Å². The average Bonchev–Trinajstić information content (AvgIpc) is 2.43. The molecule has 2 nitrogen and oxygen atoms in total. The normalized spacial score (nSPS) is 8.39. The van der Waals surface area contributed by atoms with E-state index in [1.54, 1.807) is 11.9 Å². The minimum Gasteiger partial charge on any atom is -0.357 e. The summed E-state index contributed by atoms with van der Waals surface area (Å²) in [6.07, 6.45) is 0. The van der Waals surface area contributed by atoms with Crippen molar-refractivity contribution in [3.05, 3.63) is 35.4 Å². The van der Waals surface area contributed by atoms with Gasteiger partial charge in [0.25, 0.3) is 0 Å². The van der Waals surface area contributed by atoms with E-state index in [1.807, 2.05) is 58.9 Å². The van der Waals surface area contributed by atoms with Gasteiger partial charge in [0, 0.05) is 19.2 Å². The SMILES string of the molecule is CC.CC.Cc1ccc(C(=N)N(C)CCF)cc1. The Hall–Kier alpha value is -1.38. The minimum absolute atomic E-state index is 0.271. The Morgan fingerprint density at radius 1 is 1.11 bits per heavy atom. The fourth-order valence-electron chi connectivity index (χ4n) is 1.17. The third-order valence-corrected chi connectivity index (χ3v) is 2.13. The summed E-state index contributed by atoms with van der Waals surface area (Å²) in [4.78, 5) is 1.60. The van der Waals surface area contributed by atoms with Crippen molar-refractivity contribution in [1.29, 1.82) is 5.41 Å². The van der Waals surface area contributed by atoms with Crippen LogP contribution >= 0.6 is 0 Å². The van der Waals surface area contributed by atoms with Crippen molar-refractivity contribution in [2.24, 2.45) is 0 Å². The zero-order valence-electron chi connectivity index (χ0n) is 12.5. The van der Waals surface area contributed by atoms with Crippen LogP contribution in [0.25, 0.3) is 0 Å². The first-order chi connectivity index (χ1) is 8.65. The quantitative estimate of drug-likeness (QED) is 0.633. The first-order valence-electron chi connectivity index (χ1n) is 6.58. The molecule has 0 amide bonds. The monoisotopic (exact) mass is 254 g/mol. The van der Waals surface area contributed by atoms with Crippen molar-refractivity contribution >= 4 is 5.84 Å². The Labute approximate surface area is 111 Å². The number of aryl methyl sites for hydroxylation is 1. The van der Waals surface area contributed by atoms with Crippen molar-refractivity contribution in [3.8, 4) is 0 Å². The second-order valence-electron chi connectivity index (χ2n) is 3.33. The van der Waals surface area contributed by atoms with Crippen LogP contribution < -0.4 is 0 Å². The van der Waals surface area contributed by atoms with Crippen LogP contribution in [0.5, 0.6) is 0 Å². The third kappa shape index (κ3) is 7.05. The van der Waals surface area contributed by atoms with Gasteiger partial charge in [-0.15, -0.1) is 0 Å². The van der Waals surface area contributed by atoms with E-state index in [0.717, 1.165) is 11.1 Å². The van der Waals surface area contributed by atoms with Crippen LogP contribution in [-0.2, 0) is 0 Å². The zero-order chi connectivity index (χ0) is 14.6. The molecule has 0 spiro atoms. The van der Waals surface area contributed by atoms with Crippen molar-refractivity contribution in [1.82, 2.24) is 4.90 Å². The molecule has 0 saturated heterocycles. The molecular formula is C15H27FN2. The molecule has 0 bridgehead atoms. The van der Waals surface area contributed by atoms with Gasteiger partial charge in [-0.3, -0.25) is 5.41 Å². The van der Waals surface area contributed by atoms with E-state index in [4.69, 9.17) is 5.41 Å². The third-order valence-electron chi connectivity index (χ3n) is 2.13. The standard InChI is InChI=1S/C11H15FN2.2C2H6/c1-9-3-5-10(6-4-9)11(13)14(2)8-7-12;2*1-2/h3-6,13H,7-8H2,1-2H3;2*1-2H3. The minimum atomic E-state index is -0.426. The molecule has 0 aliphatic heterocycles. The van der Waals surface area contributed by atoms with Crippen LogP contribution in [0.15, 0.2) is 24.3 Å². The van der Waals surface area contributed by atoms with E-state index in [1.165, 1.54) is 0 Å². The van der Waals surface area contributed by atoms with Crippen molar-refractivity contribution in [3.63, 3.8) is 0 Å². The lowest BCUT2D eigenvalue weighted by molar-refractivity contribution is 0.395. The number of benzene rings is 1. The lowest BCUT2D eigenvalue weighted by atomic mass is 10.1. The van der Waals surface area contributed by atoms with Gasteiger partial charge in [0.05, 0.1) is 0 Å². The molecule has 18 heavy (non-hydrogen) atoms. The predicted molar refractivity (Wildman–Crippen MR) is 79.3 cm³/mol. The highest BCUT2D eigenvalue weighted by Crippen LogP contribution is 2.05. The molecular weight excluding hydrogens is 227 g/mol. The number of nitrogens with one attached hydrogen (secondary N) is 1. The summed E-state index contributed by atoms with van der Waals surface area (Å²) in [5.41, 5.74) is 1.99. The summed E-state index contributed by atoms with van der Waals surface area (Å²) < 4.78 is 12.0. The Balaban J connectivity index is 0. The van der Waals surface area contributed by atoms with Crippen LogP contribution in [0.2, 0.25) is 0 Å². The maximum Gasteiger partial charge on any atom is 0.127 e. The molecule has 3 heteroatoms. The Morgan fingerprint density at radius 3 is 1.94 bits per heavy atom. The topological polar surface area (TPSA) is 27.1 Å². The van der Waals surface area contributed by atoms with E-state index >= 15 is 0 Å². The van der Waals surface area contributed by atoms with Crippen molar-refractivity contribution < 1.29 is 4.39 Å². The Kier molecular flexibility index (Phi) is 12.7. The van der Waals surface area contributed by atoms with Crippen molar-refractivity contribution in [2.45, 2.75) is 34.6 Å². The second kappa shape index (κ2) is 12.1. The summed E-state index contributed by atoms with van der Waals surface area (Å²) in [6, 6.07) is 7.67. The van der Waals surface area contributed by atoms with Gasteiger partial charge in [-0.2, -0.15) is 0 Å². The number of alkyl halides is 1. The number of nitrogens with zero attached hydrogens (tertiary/aromatic N) is 1. The van der Waals surface area contributed by atoms with Gasteiger partial charge in [0.1, 0.15) is 12.5 Å². The Morgan fingerprint density at radius 2 is 1.56 bits per heavy atom. The molecule has 0 aliphatic carbocycles.